The molecule has 3 nitrogen and oxygen atoms in total. The Balaban J connectivity index is 2.22. The molecule has 0 saturated carbocycles. The van der Waals surface area contributed by atoms with Gasteiger partial charge in [0.25, 0.3) is 0 Å². The standard InChI is InChI=1S/C18H19N3S/c1-18(2,3)17-21-15(12-7-9-20-10-8-12)16(22-17)13-5-4-6-14(19)11-13/h4-11H,19H2,1-3H3. The molecule has 0 aliphatic heterocycles. The monoisotopic (exact) mass is 309 g/mol. The van der Waals surface area contributed by atoms with Gasteiger partial charge in [-0.3, -0.25) is 4.98 Å². The van der Waals surface area contributed by atoms with E-state index in [1.807, 2.05) is 30.3 Å². The van der Waals surface area contributed by atoms with E-state index in [2.05, 4.69) is 31.8 Å². The highest BCUT2D eigenvalue weighted by atomic mass is 32.1. The summed E-state index contributed by atoms with van der Waals surface area (Å²) in [5.74, 6) is 0. The average molecular weight is 309 g/mol. The molecular formula is C18H19N3S. The number of aromatic nitrogens is 2. The van der Waals surface area contributed by atoms with Gasteiger partial charge >= 0.3 is 0 Å². The summed E-state index contributed by atoms with van der Waals surface area (Å²) in [5, 5.41) is 1.12. The van der Waals surface area contributed by atoms with Crippen molar-refractivity contribution in [1.29, 1.82) is 0 Å². The van der Waals surface area contributed by atoms with Crippen LogP contribution in [0.3, 0.4) is 0 Å². The van der Waals surface area contributed by atoms with E-state index in [0.717, 1.165) is 32.4 Å². The van der Waals surface area contributed by atoms with Gasteiger partial charge in [0.15, 0.2) is 0 Å². The first-order chi connectivity index (χ1) is 10.4. The predicted molar refractivity (Wildman–Crippen MR) is 93.9 cm³/mol. The van der Waals surface area contributed by atoms with Gasteiger partial charge in [-0.2, -0.15) is 0 Å². The van der Waals surface area contributed by atoms with Crippen LogP contribution in [0.15, 0.2) is 48.8 Å². The van der Waals surface area contributed by atoms with E-state index < -0.39 is 0 Å². The van der Waals surface area contributed by atoms with Crippen molar-refractivity contribution < 1.29 is 0 Å². The van der Waals surface area contributed by atoms with Crippen LogP contribution in [-0.2, 0) is 5.41 Å². The Morgan fingerprint density at radius 2 is 1.73 bits per heavy atom. The number of thiazole rings is 1. The zero-order valence-corrected chi connectivity index (χ0v) is 13.8. The quantitative estimate of drug-likeness (QED) is 0.695. The second kappa shape index (κ2) is 5.54. The Bertz CT molecular complexity index is 786. The van der Waals surface area contributed by atoms with Crippen molar-refractivity contribution >= 4 is 17.0 Å². The van der Waals surface area contributed by atoms with Gasteiger partial charge in [-0.05, 0) is 29.8 Å². The summed E-state index contributed by atoms with van der Waals surface area (Å²) >= 11 is 1.74. The van der Waals surface area contributed by atoms with Crippen LogP contribution < -0.4 is 5.73 Å². The van der Waals surface area contributed by atoms with Gasteiger partial charge in [-0.15, -0.1) is 11.3 Å². The maximum Gasteiger partial charge on any atom is 0.0992 e. The number of nitrogen functional groups attached to an aromatic ring is 1. The fourth-order valence-corrected chi connectivity index (χ4v) is 3.36. The Labute approximate surface area is 134 Å². The molecule has 0 radical (unpaired) electrons. The van der Waals surface area contributed by atoms with Crippen LogP contribution in [0.25, 0.3) is 21.7 Å². The molecule has 0 atom stereocenters. The summed E-state index contributed by atoms with van der Waals surface area (Å²) in [6.07, 6.45) is 3.60. The fourth-order valence-electron chi connectivity index (χ4n) is 2.22. The predicted octanol–water partition coefficient (Wildman–Crippen LogP) is 4.75. The smallest absolute Gasteiger partial charge is 0.0992 e. The van der Waals surface area contributed by atoms with Gasteiger partial charge < -0.3 is 5.73 Å². The van der Waals surface area contributed by atoms with Crippen LogP contribution in [-0.4, -0.2) is 9.97 Å². The number of hydrogen-bond donors (Lipinski definition) is 1. The molecule has 0 aliphatic rings. The van der Waals surface area contributed by atoms with E-state index in [1.165, 1.54) is 0 Å². The second-order valence-corrected chi connectivity index (χ2v) is 7.31. The number of nitrogens with two attached hydrogens (primary N) is 1. The van der Waals surface area contributed by atoms with E-state index in [1.54, 1.807) is 23.7 Å². The topological polar surface area (TPSA) is 51.8 Å². The first-order valence-electron chi connectivity index (χ1n) is 7.23. The molecule has 112 valence electrons. The maximum absolute atomic E-state index is 5.95. The molecule has 0 saturated heterocycles. The molecular weight excluding hydrogens is 290 g/mol. The van der Waals surface area contributed by atoms with Gasteiger partial charge in [0, 0.05) is 29.1 Å². The van der Waals surface area contributed by atoms with Crippen LogP contribution in [0.5, 0.6) is 0 Å². The highest BCUT2D eigenvalue weighted by Gasteiger charge is 2.23. The van der Waals surface area contributed by atoms with Gasteiger partial charge in [0.1, 0.15) is 0 Å². The number of pyridine rings is 1. The number of anilines is 1. The largest absolute Gasteiger partial charge is 0.399 e. The molecule has 2 heterocycles. The Morgan fingerprint density at radius 1 is 1.00 bits per heavy atom. The lowest BCUT2D eigenvalue weighted by atomic mass is 9.98. The lowest BCUT2D eigenvalue weighted by Crippen LogP contribution is -2.10. The number of benzene rings is 1. The zero-order chi connectivity index (χ0) is 15.7. The molecule has 0 spiro atoms. The van der Waals surface area contributed by atoms with Gasteiger partial charge in [0.2, 0.25) is 0 Å². The normalized spacial score (nSPS) is 11.6. The average Bonchev–Trinajstić information content (AvgIpc) is 2.93. The molecule has 0 bridgehead atoms. The van der Waals surface area contributed by atoms with E-state index in [4.69, 9.17) is 10.7 Å². The SMILES string of the molecule is CC(C)(C)c1nc(-c2ccncc2)c(-c2cccc(N)c2)s1. The van der Waals surface area contributed by atoms with Crippen molar-refractivity contribution in [3.05, 3.63) is 53.8 Å². The Kier molecular flexibility index (Phi) is 3.71. The Hall–Kier alpha value is -2.20. The van der Waals surface area contributed by atoms with Crippen LogP contribution in [0, 0.1) is 0 Å². The van der Waals surface area contributed by atoms with Crippen LogP contribution in [0.1, 0.15) is 25.8 Å². The van der Waals surface area contributed by atoms with E-state index >= 15 is 0 Å². The minimum Gasteiger partial charge on any atom is -0.399 e. The molecule has 0 aliphatic carbocycles. The third-order valence-corrected chi connectivity index (χ3v) is 4.90. The number of hydrogen-bond acceptors (Lipinski definition) is 4. The molecule has 0 amide bonds. The summed E-state index contributed by atoms with van der Waals surface area (Å²) in [6, 6.07) is 12.0. The molecule has 3 rings (SSSR count). The lowest BCUT2D eigenvalue weighted by Gasteiger charge is -2.13. The van der Waals surface area contributed by atoms with E-state index in [9.17, 15) is 0 Å². The number of nitrogens with zero attached hydrogens (tertiary/aromatic N) is 2. The highest BCUT2D eigenvalue weighted by molar-refractivity contribution is 7.15. The third kappa shape index (κ3) is 2.88. The summed E-state index contributed by atoms with van der Waals surface area (Å²) in [7, 11) is 0. The first kappa shape index (κ1) is 14.7. The molecule has 0 unspecified atom stereocenters. The van der Waals surface area contributed by atoms with Gasteiger partial charge in [-0.1, -0.05) is 32.9 Å². The third-order valence-electron chi connectivity index (χ3n) is 3.37. The molecule has 3 aromatic rings. The van der Waals surface area contributed by atoms with E-state index in [0.29, 0.717) is 0 Å². The van der Waals surface area contributed by atoms with Crippen LogP contribution >= 0.6 is 11.3 Å². The molecule has 2 N–H and O–H groups in total. The minimum atomic E-state index is 0.0189. The molecule has 4 heteroatoms. The van der Waals surface area contributed by atoms with Crippen molar-refractivity contribution in [2.75, 3.05) is 5.73 Å². The highest BCUT2D eigenvalue weighted by Crippen LogP contribution is 2.40. The van der Waals surface area contributed by atoms with Crippen molar-refractivity contribution in [3.8, 4) is 21.7 Å². The fraction of sp³-hybridized carbons (Fsp3) is 0.222. The Morgan fingerprint density at radius 3 is 2.36 bits per heavy atom. The van der Waals surface area contributed by atoms with Crippen LogP contribution in [0.2, 0.25) is 0 Å². The van der Waals surface area contributed by atoms with E-state index in [-0.39, 0.29) is 5.41 Å². The van der Waals surface area contributed by atoms with Gasteiger partial charge in [0.05, 0.1) is 15.6 Å². The van der Waals surface area contributed by atoms with Gasteiger partial charge in [-0.25, -0.2) is 4.98 Å². The van der Waals surface area contributed by atoms with Crippen LogP contribution in [0.4, 0.5) is 5.69 Å². The summed E-state index contributed by atoms with van der Waals surface area (Å²) in [6.45, 7) is 6.56. The van der Waals surface area contributed by atoms with Crippen molar-refractivity contribution in [1.82, 2.24) is 9.97 Å². The maximum atomic E-state index is 5.95. The number of rotatable bonds is 2. The molecule has 22 heavy (non-hydrogen) atoms. The van der Waals surface area contributed by atoms with Crippen molar-refractivity contribution in [3.63, 3.8) is 0 Å². The second-order valence-electron chi connectivity index (χ2n) is 6.31. The summed E-state index contributed by atoms with van der Waals surface area (Å²) < 4.78 is 0. The molecule has 2 aromatic heterocycles. The molecule has 0 fully saturated rings. The molecule has 1 aromatic carbocycles. The minimum absolute atomic E-state index is 0.0189. The first-order valence-corrected chi connectivity index (χ1v) is 8.04. The zero-order valence-electron chi connectivity index (χ0n) is 13.0. The van der Waals surface area contributed by atoms with Crippen molar-refractivity contribution in [2.24, 2.45) is 0 Å². The lowest BCUT2D eigenvalue weighted by molar-refractivity contribution is 0.586. The van der Waals surface area contributed by atoms with Crippen molar-refractivity contribution in [2.45, 2.75) is 26.2 Å². The summed E-state index contributed by atoms with van der Waals surface area (Å²) in [5.41, 5.74) is 9.93. The summed E-state index contributed by atoms with van der Waals surface area (Å²) in [4.78, 5) is 10.2.